The van der Waals surface area contributed by atoms with Gasteiger partial charge in [-0.1, -0.05) is 19.1 Å². The van der Waals surface area contributed by atoms with Crippen LogP contribution in [0.1, 0.15) is 31.4 Å². The monoisotopic (exact) mass is 267 g/mol. The summed E-state index contributed by atoms with van der Waals surface area (Å²) in [4.78, 5) is 2.16. The summed E-state index contributed by atoms with van der Waals surface area (Å²) in [7, 11) is 0. The zero-order chi connectivity index (χ0) is 13.8. The summed E-state index contributed by atoms with van der Waals surface area (Å²) in [5.41, 5.74) is 0.617. The maximum absolute atomic E-state index is 13.1. The van der Waals surface area contributed by atoms with Gasteiger partial charge in [-0.3, -0.25) is 0 Å². The Morgan fingerprint density at radius 1 is 1.47 bits per heavy atom. The maximum Gasteiger partial charge on any atom is 0.123 e. The van der Waals surface area contributed by atoms with Crippen molar-refractivity contribution in [3.63, 3.8) is 0 Å². The molecular weight excluding hydrogens is 245 g/mol. The molecular formula is C15H22FNO2. The van der Waals surface area contributed by atoms with Crippen molar-refractivity contribution in [1.29, 1.82) is 0 Å². The SMILES string of the molecule is CC1CCN(CCC(O)c2cccc(F)c2)CC1O. The Kier molecular flexibility index (Phi) is 4.91. The molecule has 1 aromatic rings. The molecule has 0 amide bonds. The standard InChI is InChI=1S/C15H22FNO2/c1-11-5-7-17(10-15(11)19)8-6-14(18)12-3-2-4-13(16)9-12/h2-4,9,11,14-15,18-19H,5-8,10H2,1H3. The molecule has 3 atom stereocenters. The third-order valence-electron chi connectivity index (χ3n) is 3.95. The largest absolute Gasteiger partial charge is 0.392 e. The van der Waals surface area contributed by atoms with Crippen LogP contribution in [0.25, 0.3) is 0 Å². The molecule has 1 aromatic carbocycles. The number of hydrogen-bond acceptors (Lipinski definition) is 3. The minimum Gasteiger partial charge on any atom is -0.392 e. The number of β-amino-alcohol motifs (C(OH)–C–C–N with tert-alkyl or cyclic N) is 1. The van der Waals surface area contributed by atoms with Crippen LogP contribution in [0.15, 0.2) is 24.3 Å². The first-order valence-electron chi connectivity index (χ1n) is 6.90. The number of benzene rings is 1. The molecule has 0 saturated carbocycles. The van der Waals surface area contributed by atoms with Crippen LogP contribution >= 0.6 is 0 Å². The molecule has 0 bridgehead atoms. The van der Waals surface area contributed by atoms with Crippen LogP contribution in [0.5, 0.6) is 0 Å². The molecule has 1 saturated heterocycles. The van der Waals surface area contributed by atoms with Crippen molar-refractivity contribution in [1.82, 2.24) is 4.90 Å². The van der Waals surface area contributed by atoms with Gasteiger partial charge in [-0.05, 0) is 43.0 Å². The molecule has 4 heteroatoms. The molecule has 0 aliphatic carbocycles. The lowest BCUT2D eigenvalue weighted by Crippen LogP contribution is -2.43. The van der Waals surface area contributed by atoms with Crippen molar-refractivity contribution in [2.45, 2.75) is 32.0 Å². The van der Waals surface area contributed by atoms with Gasteiger partial charge in [0.2, 0.25) is 0 Å². The Hall–Kier alpha value is -0.970. The van der Waals surface area contributed by atoms with Crippen molar-refractivity contribution in [3.8, 4) is 0 Å². The predicted molar refractivity (Wildman–Crippen MR) is 72.2 cm³/mol. The normalized spacial score (nSPS) is 26.3. The van der Waals surface area contributed by atoms with E-state index in [1.807, 2.05) is 0 Å². The van der Waals surface area contributed by atoms with Gasteiger partial charge in [0, 0.05) is 13.1 Å². The van der Waals surface area contributed by atoms with E-state index < -0.39 is 6.10 Å². The maximum atomic E-state index is 13.1. The molecule has 3 unspecified atom stereocenters. The van der Waals surface area contributed by atoms with E-state index >= 15 is 0 Å². The van der Waals surface area contributed by atoms with Gasteiger partial charge in [0.1, 0.15) is 5.82 Å². The summed E-state index contributed by atoms with van der Waals surface area (Å²) < 4.78 is 13.1. The predicted octanol–water partition coefficient (Wildman–Crippen LogP) is 1.95. The Morgan fingerprint density at radius 2 is 2.26 bits per heavy atom. The van der Waals surface area contributed by atoms with Gasteiger partial charge in [-0.25, -0.2) is 4.39 Å². The summed E-state index contributed by atoms with van der Waals surface area (Å²) in [5, 5.41) is 19.9. The average molecular weight is 267 g/mol. The van der Waals surface area contributed by atoms with E-state index in [9.17, 15) is 14.6 Å². The highest BCUT2D eigenvalue weighted by Gasteiger charge is 2.24. The quantitative estimate of drug-likeness (QED) is 0.876. The van der Waals surface area contributed by atoms with Crippen LogP contribution in [0.3, 0.4) is 0 Å². The van der Waals surface area contributed by atoms with E-state index in [4.69, 9.17) is 0 Å². The molecule has 1 aliphatic heterocycles. The fourth-order valence-corrected chi connectivity index (χ4v) is 2.50. The number of hydrogen-bond donors (Lipinski definition) is 2. The average Bonchev–Trinajstić information content (AvgIpc) is 2.40. The smallest absolute Gasteiger partial charge is 0.123 e. The lowest BCUT2D eigenvalue weighted by Gasteiger charge is -2.34. The minimum absolute atomic E-state index is 0.278. The minimum atomic E-state index is -0.646. The molecule has 0 spiro atoms. The molecule has 0 aromatic heterocycles. The summed E-state index contributed by atoms with van der Waals surface area (Å²) in [6, 6.07) is 6.09. The van der Waals surface area contributed by atoms with E-state index in [1.165, 1.54) is 12.1 Å². The van der Waals surface area contributed by atoms with Crippen LogP contribution in [-0.2, 0) is 0 Å². The third kappa shape index (κ3) is 4.00. The van der Waals surface area contributed by atoms with E-state index in [0.717, 1.165) is 19.5 Å². The van der Waals surface area contributed by atoms with Crippen molar-refractivity contribution in [2.24, 2.45) is 5.92 Å². The molecule has 19 heavy (non-hydrogen) atoms. The Morgan fingerprint density at radius 3 is 2.95 bits per heavy atom. The van der Waals surface area contributed by atoms with Crippen molar-refractivity contribution >= 4 is 0 Å². The second-order valence-corrected chi connectivity index (χ2v) is 5.49. The Bertz CT molecular complexity index is 413. The van der Waals surface area contributed by atoms with Crippen LogP contribution in [0.4, 0.5) is 4.39 Å². The summed E-state index contributed by atoms with van der Waals surface area (Å²) in [5.74, 6) is 0.0307. The van der Waals surface area contributed by atoms with E-state index in [1.54, 1.807) is 12.1 Å². The fraction of sp³-hybridized carbons (Fsp3) is 0.600. The van der Waals surface area contributed by atoms with Gasteiger partial charge in [-0.2, -0.15) is 0 Å². The van der Waals surface area contributed by atoms with Crippen LogP contribution in [0.2, 0.25) is 0 Å². The lowest BCUT2D eigenvalue weighted by atomic mass is 9.95. The first kappa shape index (κ1) is 14.4. The summed E-state index contributed by atoms with van der Waals surface area (Å²) in [6.07, 6.45) is 0.620. The molecule has 1 aliphatic rings. The highest BCUT2D eigenvalue weighted by atomic mass is 19.1. The number of aliphatic hydroxyl groups excluding tert-OH is 2. The molecule has 0 radical (unpaired) electrons. The van der Waals surface area contributed by atoms with Gasteiger partial charge in [-0.15, -0.1) is 0 Å². The summed E-state index contributed by atoms with van der Waals surface area (Å²) in [6.45, 7) is 4.40. The van der Waals surface area contributed by atoms with E-state index in [-0.39, 0.29) is 11.9 Å². The first-order chi connectivity index (χ1) is 9.06. The van der Waals surface area contributed by atoms with Crippen LogP contribution in [0, 0.1) is 11.7 Å². The van der Waals surface area contributed by atoms with Crippen LogP contribution in [-0.4, -0.2) is 40.9 Å². The third-order valence-corrected chi connectivity index (χ3v) is 3.95. The van der Waals surface area contributed by atoms with Crippen molar-refractivity contribution < 1.29 is 14.6 Å². The number of likely N-dealkylation sites (tertiary alicyclic amines) is 1. The van der Waals surface area contributed by atoms with Gasteiger partial charge in [0.05, 0.1) is 12.2 Å². The molecule has 2 rings (SSSR count). The molecule has 1 fully saturated rings. The number of halogens is 1. The summed E-state index contributed by atoms with van der Waals surface area (Å²) >= 11 is 0. The molecule has 2 N–H and O–H groups in total. The Balaban J connectivity index is 1.82. The molecule has 1 heterocycles. The van der Waals surface area contributed by atoms with E-state index in [2.05, 4.69) is 11.8 Å². The van der Waals surface area contributed by atoms with Gasteiger partial charge >= 0.3 is 0 Å². The van der Waals surface area contributed by atoms with Crippen LogP contribution < -0.4 is 0 Å². The fourth-order valence-electron chi connectivity index (χ4n) is 2.50. The number of rotatable bonds is 4. The molecule has 3 nitrogen and oxygen atoms in total. The zero-order valence-corrected chi connectivity index (χ0v) is 11.3. The number of piperidine rings is 1. The number of aliphatic hydroxyl groups is 2. The van der Waals surface area contributed by atoms with Gasteiger partial charge in [0.15, 0.2) is 0 Å². The zero-order valence-electron chi connectivity index (χ0n) is 11.3. The second kappa shape index (κ2) is 6.46. The lowest BCUT2D eigenvalue weighted by molar-refractivity contribution is 0.0226. The van der Waals surface area contributed by atoms with E-state index in [0.29, 0.717) is 24.4 Å². The van der Waals surface area contributed by atoms with Crippen molar-refractivity contribution in [3.05, 3.63) is 35.6 Å². The van der Waals surface area contributed by atoms with Gasteiger partial charge in [0.25, 0.3) is 0 Å². The highest BCUT2D eigenvalue weighted by Crippen LogP contribution is 2.21. The first-order valence-corrected chi connectivity index (χ1v) is 6.90. The topological polar surface area (TPSA) is 43.7 Å². The van der Waals surface area contributed by atoms with Gasteiger partial charge < -0.3 is 15.1 Å². The highest BCUT2D eigenvalue weighted by molar-refractivity contribution is 5.18. The number of nitrogens with zero attached hydrogens (tertiary/aromatic N) is 1. The second-order valence-electron chi connectivity index (χ2n) is 5.49. The molecule has 106 valence electrons. The Labute approximate surface area is 113 Å². The van der Waals surface area contributed by atoms with Crippen molar-refractivity contribution in [2.75, 3.05) is 19.6 Å².